The molecule has 0 bridgehead atoms. The van der Waals surface area contributed by atoms with E-state index >= 15 is 0 Å². The molecular formula is C14H13N3O3S. The van der Waals surface area contributed by atoms with E-state index in [4.69, 9.17) is 5.73 Å². The van der Waals surface area contributed by atoms with Crippen molar-refractivity contribution in [2.75, 3.05) is 5.32 Å². The van der Waals surface area contributed by atoms with E-state index < -0.39 is 17.6 Å². The van der Waals surface area contributed by atoms with Gasteiger partial charge in [0.1, 0.15) is 0 Å². The molecule has 0 aliphatic rings. The van der Waals surface area contributed by atoms with E-state index in [0.29, 0.717) is 11.3 Å². The van der Waals surface area contributed by atoms with E-state index in [2.05, 4.69) is 10.3 Å². The molecule has 0 unspecified atom stereocenters. The topological polar surface area (TPSA) is 102 Å². The van der Waals surface area contributed by atoms with Crippen LogP contribution < -0.4 is 11.1 Å². The summed E-state index contributed by atoms with van der Waals surface area (Å²) in [4.78, 5) is 38.6. The first-order valence-electron chi connectivity index (χ1n) is 6.11. The van der Waals surface area contributed by atoms with Crippen LogP contribution in [0.1, 0.15) is 21.6 Å². The predicted octanol–water partition coefficient (Wildman–Crippen LogP) is 1.30. The van der Waals surface area contributed by atoms with E-state index in [1.165, 1.54) is 0 Å². The quantitative estimate of drug-likeness (QED) is 0.642. The Balaban J connectivity index is 2.03. The Labute approximate surface area is 125 Å². The normalized spacial score (nSPS) is 10.1. The van der Waals surface area contributed by atoms with Crippen LogP contribution in [-0.4, -0.2) is 22.6 Å². The first-order chi connectivity index (χ1) is 9.95. The van der Waals surface area contributed by atoms with Crippen molar-refractivity contribution in [2.24, 2.45) is 5.73 Å². The van der Waals surface area contributed by atoms with Gasteiger partial charge in [0.05, 0.1) is 12.1 Å². The highest BCUT2D eigenvalue weighted by Crippen LogP contribution is 2.16. The lowest BCUT2D eigenvalue weighted by Crippen LogP contribution is -2.22. The number of rotatable bonds is 5. The third-order valence-corrected chi connectivity index (χ3v) is 3.45. The van der Waals surface area contributed by atoms with Gasteiger partial charge in [-0.1, -0.05) is 29.8 Å². The second-order valence-electron chi connectivity index (χ2n) is 4.44. The highest BCUT2D eigenvalue weighted by molar-refractivity contribution is 7.14. The Kier molecular flexibility index (Phi) is 4.44. The smallest absolute Gasteiger partial charge is 0.298 e. The van der Waals surface area contributed by atoms with E-state index in [1.54, 1.807) is 29.6 Å². The van der Waals surface area contributed by atoms with Gasteiger partial charge in [0.2, 0.25) is 5.91 Å². The fourth-order valence-electron chi connectivity index (χ4n) is 1.61. The van der Waals surface area contributed by atoms with Crippen LogP contribution in [-0.2, 0) is 16.0 Å². The number of hydrogen-bond donors (Lipinski definition) is 2. The lowest BCUT2D eigenvalue weighted by atomic mass is 10.1. The van der Waals surface area contributed by atoms with Crippen molar-refractivity contribution in [3.63, 3.8) is 0 Å². The number of ketones is 1. The number of anilines is 1. The van der Waals surface area contributed by atoms with Crippen molar-refractivity contribution in [2.45, 2.75) is 13.3 Å². The number of nitrogens with one attached hydrogen (secondary N) is 1. The third-order valence-electron chi connectivity index (χ3n) is 2.65. The monoisotopic (exact) mass is 303 g/mol. The molecule has 1 aromatic carbocycles. The molecule has 0 spiro atoms. The summed E-state index contributed by atoms with van der Waals surface area (Å²) in [7, 11) is 0. The van der Waals surface area contributed by atoms with Gasteiger partial charge >= 0.3 is 0 Å². The molecule has 21 heavy (non-hydrogen) atoms. The van der Waals surface area contributed by atoms with Crippen LogP contribution in [0.5, 0.6) is 0 Å². The molecule has 2 rings (SSSR count). The van der Waals surface area contributed by atoms with Crippen LogP contribution in [0.25, 0.3) is 0 Å². The maximum atomic E-state index is 11.9. The molecule has 108 valence electrons. The van der Waals surface area contributed by atoms with Gasteiger partial charge in [-0.15, -0.1) is 11.3 Å². The second-order valence-corrected chi connectivity index (χ2v) is 5.29. The average molecular weight is 303 g/mol. The van der Waals surface area contributed by atoms with Crippen LogP contribution in [0.15, 0.2) is 29.6 Å². The average Bonchev–Trinajstić information content (AvgIpc) is 2.85. The summed E-state index contributed by atoms with van der Waals surface area (Å²) in [6, 6.07) is 6.71. The predicted molar refractivity (Wildman–Crippen MR) is 79.2 cm³/mol. The molecule has 1 aromatic heterocycles. The zero-order valence-electron chi connectivity index (χ0n) is 11.3. The Hall–Kier alpha value is -2.54. The molecule has 0 saturated carbocycles. The number of nitrogens with two attached hydrogens (primary N) is 1. The number of carbonyl (C=O) groups excluding carboxylic acids is 3. The van der Waals surface area contributed by atoms with Gasteiger partial charge in [0.15, 0.2) is 5.13 Å². The molecular weight excluding hydrogens is 290 g/mol. The van der Waals surface area contributed by atoms with Gasteiger partial charge in [-0.2, -0.15) is 0 Å². The van der Waals surface area contributed by atoms with Crippen molar-refractivity contribution in [1.29, 1.82) is 0 Å². The number of amides is 2. The van der Waals surface area contributed by atoms with Gasteiger partial charge in [0, 0.05) is 10.9 Å². The molecule has 2 aromatic rings. The summed E-state index contributed by atoms with van der Waals surface area (Å²) in [5.74, 6) is -1.91. The summed E-state index contributed by atoms with van der Waals surface area (Å²) in [6.45, 7) is 1.89. The Bertz CT molecular complexity index is 692. The molecule has 0 radical (unpaired) electrons. The van der Waals surface area contributed by atoms with Crippen LogP contribution in [0.3, 0.4) is 0 Å². The van der Waals surface area contributed by atoms with Crippen molar-refractivity contribution < 1.29 is 14.4 Å². The van der Waals surface area contributed by atoms with Crippen molar-refractivity contribution in [1.82, 2.24) is 4.98 Å². The van der Waals surface area contributed by atoms with Crippen LogP contribution in [0, 0.1) is 6.92 Å². The highest BCUT2D eigenvalue weighted by Gasteiger charge is 2.17. The van der Waals surface area contributed by atoms with Gasteiger partial charge in [-0.25, -0.2) is 4.98 Å². The van der Waals surface area contributed by atoms with Crippen LogP contribution in [0.2, 0.25) is 0 Å². The van der Waals surface area contributed by atoms with Crippen molar-refractivity contribution >= 4 is 34.1 Å². The standard InChI is InChI=1S/C14H13N3O3S/c1-8-2-4-9(5-3-8)12(19)13(20)17-14-16-10(7-21-14)6-11(15)18/h2-5,7H,6H2,1H3,(H2,15,18)(H,16,17,20). The molecule has 2 amide bonds. The summed E-state index contributed by atoms with van der Waals surface area (Å²) >= 11 is 1.13. The van der Waals surface area contributed by atoms with Crippen molar-refractivity contribution in [3.8, 4) is 0 Å². The first kappa shape index (κ1) is 14.9. The zero-order valence-corrected chi connectivity index (χ0v) is 12.1. The molecule has 0 saturated heterocycles. The SMILES string of the molecule is Cc1ccc(C(=O)C(=O)Nc2nc(CC(N)=O)cs2)cc1. The molecule has 3 N–H and O–H groups in total. The molecule has 1 heterocycles. The minimum Gasteiger partial charge on any atom is -0.369 e. The molecule has 0 aliphatic heterocycles. The third kappa shape index (κ3) is 3.96. The largest absolute Gasteiger partial charge is 0.369 e. The van der Waals surface area contributed by atoms with Gasteiger partial charge in [-0.3, -0.25) is 19.7 Å². The fourth-order valence-corrected chi connectivity index (χ4v) is 2.32. The molecule has 0 aliphatic carbocycles. The highest BCUT2D eigenvalue weighted by atomic mass is 32.1. The Morgan fingerprint density at radius 3 is 2.52 bits per heavy atom. The van der Waals surface area contributed by atoms with E-state index in [9.17, 15) is 14.4 Å². The first-order valence-corrected chi connectivity index (χ1v) is 6.98. The van der Waals surface area contributed by atoms with E-state index in [-0.39, 0.29) is 11.6 Å². The maximum absolute atomic E-state index is 11.9. The minimum absolute atomic E-state index is 0.00171. The molecule has 0 fully saturated rings. The minimum atomic E-state index is -0.765. The molecule has 6 nitrogen and oxygen atoms in total. The number of benzene rings is 1. The van der Waals surface area contributed by atoms with E-state index in [1.807, 2.05) is 6.92 Å². The zero-order chi connectivity index (χ0) is 15.4. The number of thiazole rings is 1. The van der Waals surface area contributed by atoms with Crippen molar-refractivity contribution in [3.05, 3.63) is 46.5 Å². The summed E-state index contributed by atoms with van der Waals surface area (Å²) < 4.78 is 0. The lowest BCUT2D eigenvalue weighted by Gasteiger charge is -2.01. The number of Topliss-reactive ketones (excluding diaryl/α,β-unsaturated/α-hetero) is 1. The second kappa shape index (κ2) is 6.27. The number of carbonyl (C=O) groups is 3. The van der Waals surface area contributed by atoms with Gasteiger partial charge in [0.25, 0.3) is 11.7 Å². The number of primary amides is 1. The fraction of sp³-hybridized carbons (Fsp3) is 0.143. The van der Waals surface area contributed by atoms with E-state index in [0.717, 1.165) is 16.9 Å². The molecule has 7 heteroatoms. The van der Waals surface area contributed by atoms with Gasteiger partial charge < -0.3 is 5.73 Å². The Morgan fingerprint density at radius 2 is 1.90 bits per heavy atom. The number of aryl methyl sites for hydroxylation is 1. The maximum Gasteiger partial charge on any atom is 0.298 e. The molecule has 0 atom stereocenters. The lowest BCUT2D eigenvalue weighted by molar-refractivity contribution is -0.117. The number of nitrogens with zero attached hydrogens (tertiary/aromatic N) is 1. The summed E-state index contributed by atoms with van der Waals surface area (Å²) in [5.41, 5.74) is 6.83. The Morgan fingerprint density at radius 1 is 1.24 bits per heavy atom. The van der Waals surface area contributed by atoms with Crippen LogP contribution >= 0.6 is 11.3 Å². The van der Waals surface area contributed by atoms with Crippen LogP contribution in [0.4, 0.5) is 5.13 Å². The summed E-state index contributed by atoms with van der Waals surface area (Å²) in [6.07, 6.45) is -0.00171. The summed E-state index contributed by atoms with van der Waals surface area (Å²) in [5, 5.41) is 4.28. The number of aromatic nitrogens is 1. The van der Waals surface area contributed by atoms with Gasteiger partial charge in [-0.05, 0) is 6.92 Å². The number of hydrogen-bond acceptors (Lipinski definition) is 5.